The van der Waals surface area contributed by atoms with Crippen molar-refractivity contribution in [1.29, 1.82) is 0 Å². The zero-order chi connectivity index (χ0) is 25.4. The van der Waals surface area contributed by atoms with Gasteiger partial charge in [0.05, 0.1) is 5.52 Å². The summed E-state index contributed by atoms with van der Waals surface area (Å²) in [5, 5.41) is 15.3. The number of amides is 4. The van der Waals surface area contributed by atoms with Crippen molar-refractivity contribution in [3.05, 3.63) is 62.5 Å². The van der Waals surface area contributed by atoms with Crippen LogP contribution in [0, 0.1) is 0 Å². The molecule has 11 nitrogen and oxygen atoms in total. The smallest absolute Gasteiger partial charge is 0.417 e. The van der Waals surface area contributed by atoms with Crippen LogP contribution >= 0.6 is 15.9 Å². The molecule has 12 heteroatoms. The molecule has 0 radical (unpaired) electrons. The third-order valence-corrected chi connectivity index (χ3v) is 7.40. The largest absolute Gasteiger partial charge is 0.480 e. The summed E-state index contributed by atoms with van der Waals surface area (Å²) in [5.41, 5.74) is 3.23. The lowest BCUT2D eigenvalue weighted by Gasteiger charge is -2.40. The number of carbonyl (C=O) groups excluding carboxylic acids is 2. The number of aliphatic carboxylic acids is 1. The molecule has 1 saturated heterocycles. The van der Waals surface area contributed by atoms with Gasteiger partial charge < -0.3 is 30.0 Å². The van der Waals surface area contributed by atoms with Gasteiger partial charge in [0.25, 0.3) is 0 Å². The summed E-state index contributed by atoms with van der Waals surface area (Å²) >= 11 is 3.39. The van der Waals surface area contributed by atoms with E-state index >= 15 is 0 Å². The maximum atomic E-state index is 12.9. The van der Waals surface area contributed by atoms with Crippen molar-refractivity contribution in [3.8, 4) is 0 Å². The maximum absolute atomic E-state index is 12.9. The van der Waals surface area contributed by atoms with Crippen LogP contribution in [0.2, 0.25) is 0 Å². The number of carboxylic acids is 1. The highest BCUT2D eigenvalue weighted by atomic mass is 79.9. The molecule has 1 aromatic heterocycles. The van der Waals surface area contributed by atoms with Crippen molar-refractivity contribution in [2.24, 2.45) is 0 Å². The number of halogens is 1. The highest BCUT2D eigenvalue weighted by Crippen LogP contribution is 2.28. The van der Waals surface area contributed by atoms with Gasteiger partial charge >= 0.3 is 23.8 Å². The first kappa shape index (κ1) is 23.9. The molecule has 2 aliphatic rings. The molecule has 1 atom stereocenters. The second-order valence-electron chi connectivity index (χ2n) is 8.93. The Bertz CT molecular complexity index is 1390. The second kappa shape index (κ2) is 9.69. The molecule has 5 rings (SSSR count). The zero-order valence-electron chi connectivity index (χ0n) is 19.1. The van der Waals surface area contributed by atoms with E-state index in [0.29, 0.717) is 53.6 Å². The average Bonchev–Trinajstić information content (AvgIpc) is 3.21. The molecule has 0 saturated carbocycles. The van der Waals surface area contributed by atoms with Crippen molar-refractivity contribution in [2.75, 3.05) is 18.4 Å². The number of para-hydroxylation sites is 1. The number of fused-ring (bicyclic) bond motifs is 2. The molecule has 0 bridgehead atoms. The van der Waals surface area contributed by atoms with Crippen LogP contribution in [0.3, 0.4) is 0 Å². The number of carboxylic acid groups (broad SMARTS) is 1. The number of likely N-dealkylation sites (tertiary alicyclic amines) is 1. The number of benzene rings is 2. The van der Waals surface area contributed by atoms with E-state index in [4.69, 9.17) is 4.42 Å². The molecule has 188 valence electrons. The Hall–Kier alpha value is -3.80. The normalized spacial score (nSPS) is 17.0. The van der Waals surface area contributed by atoms with Crippen LogP contribution in [0.1, 0.15) is 24.0 Å². The standard InChI is InChI=1S/C24H24BrN5O6/c25-16-11-18-20(36-24(35)28-18)10-14(16)9-19(21(31)32)27-22(33)29-7-5-15(6-8-29)30-12-13-3-1-2-4-17(13)26-23(30)34/h1-4,10-11,15,19H,5-9,12H2,(H,26,34)(H,27,33)(H,28,35)(H,31,32). The summed E-state index contributed by atoms with van der Waals surface area (Å²) in [6.45, 7) is 1.32. The number of nitrogens with one attached hydrogen (secondary N) is 3. The molecule has 3 aromatic rings. The molecule has 4 N–H and O–H groups in total. The number of oxazole rings is 1. The van der Waals surface area contributed by atoms with Gasteiger partial charge in [0.2, 0.25) is 0 Å². The van der Waals surface area contributed by atoms with E-state index in [2.05, 4.69) is 31.5 Å². The molecular weight excluding hydrogens is 534 g/mol. The summed E-state index contributed by atoms with van der Waals surface area (Å²) in [4.78, 5) is 54.8. The minimum Gasteiger partial charge on any atom is -0.480 e. The van der Waals surface area contributed by atoms with Gasteiger partial charge in [-0.25, -0.2) is 19.2 Å². The molecule has 2 aliphatic heterocycles. The predicted molar refractivity (Wildman–Crippen MR) is 134 cm³/mol. The lowest BCUT2D eigenvalue weighted by atomic mass is 10.0. The van der Waals surface area contributed by atoms with E-state index in [-0.39, 0.29) is 18.5 Å². The number of aromatic nitrogens is 1. The van der Waals surface area contributed by atoms with Crippen molar-refractivity contribution in [3.63, 3.8) is 0 Å². The summed E-state index contributed by atoms with van der Waals surface area (Å²) in [5.74, 6) is -1.78. The molecule has 1 unspecified atom stereocenters. The molecule has 4 amide bonds. The number of carbonyl (C=O) groups is 3. The third kappa shape index (κ3) is 4.81. The lowest BCUT2D eigenvalue weighted by molar-refractivity contribution is -0.139. The van der Waals surface area contributed by atoms with Crippen LogP contribution in [-0.4, -0.2) is 63.1 Å². The first-order valence-corrected chi connectivity index (χ1v) is 12.3. The van der Waals surface area contributed by atoms with Gasteiger partial charge in [0.1, 0.15) is 6.04 Å². The molecule has 36 heavy (non-hydrogen) atoms. The van der Waals surface area contributed by atoms with Gasteiger partial charge in [0.15, 0.2) is 5.58 Å². The van der Waals surface area contributed by atoms with Gasteiger partial charge in [-0.15, -0.1) is 0 Å². The number of nitrogens with zero attached hydrogens (tertiary/aromatic N) is 2. The van der Waals surface area contributed by atoms with Gasteiger partial charge in [-0.1, -0.05) is 34.1 Å². The lowest BCUT2D eigenvalue weighted by Crippen LogP contribution is -2.54. The first-order chi connectivity index (χ1) is 17.3. The zero-order valence-corrected chi connectivity index (χ0v) is 20.7. The molecule has 1 fully saturated rings. The van der Waals surface area contributed by atoms with Crippen LogP contribution < -0.4 is 16.4 Å². The molecule has 2 aromatic carbocycles. The number of H-pyrrole nitrogens is 1. The quantitative estimate of drug-likeness (QED) is 0.378. The van der Waals surface area contributed by atoms with Gasteiger partial charge in [0, 0.05) is 42.3 Å². The topological polar surface area (TPSA) is 148 Å². The molecule has 0 aliphatic carbocycles. The summed E-state index contributed by atoms with van der Waals surface area (Å²) < 4.78 is 5.65. The van der Waals surface area contributed by atoms with E-state index < -0.39 is 23.8 Å². The third-order valence-electron chi connectivity index (χ3n) is 6.66. The molecule has 3 heterocycles. The van der Waals surface area contributed by atoms with Crippen LogP contribution in [-0.2, 0) is 17.8 Å². The number of piperidine rings is 1. The Morgan fingerprint density at radius 3 is 2.69 bits per heavy atom. The van der Waals surface area contributed by atoms with Crippen LogP contribution in [0.25, 0.3) is 11.1 Å². The number of rotatable bonds is 5. The van der Waals surface area contributed by atoms with Crippen molar-refractivity contribution < 1.29 is 23.9 Å². The Balaban J connectivity index is 1.20. The summed E-state index contributed by atoms with van der Waals surface area (Å²) in [6, 6.07) is 9.06. The van der Waals surface area contributed by atoms with E-state index in [1.165, 1.54) is 0 Å². The van der Waals surface area contributed by atoms with Crippen LogP contribution in [0.4, 0.5) is 15.3 Å². The number of hydrogen-bond acceptors (Lipinski definition) is 5. The minimum absolute atomic E-state index is 0.00366. The minimum atomic E-state index is -1.18. The van der Waals surface area contributed by atoms with Crippen molar-refractivity contribution in [1.82, 2.24) is 20.1 Å². The summed E-state index contributed by atoms with van der Waals surface area (Å²) in [7, 11) is 0. The van der Waals surface area contributed by atoms with Crippen LogP contribution in [0.15, 0.2) is 50.1 Å². The fourth-order valence-corrected chi connectivity index (χ4v) is 5.23. The van der Waals surface area contributed by atoms with E-state index in [1.807, 2.05) is 24.3 Å². The predicted octanol–water partition coefficient (Wildman–Crippen LogP) is 3.10. The Morgan fingerprint density at radius 1 is 1.19 bits per heavy atom. The molecular formula is C24H24BrN5O6. The first-order valence-electron chi connectivity index (χ1n) is 11.5. The van der Waals surface area contributed by atoms with Crippen LogP contribution in [0.5, 0.6) is 0 Å². The number of urea groups is 2. The second-order valence-corrected chi connectivity index (χ2v) is 9.79. The number of anilines is 1. The SMILES string of the molecule is O=C(O)C(Cc1cc2oc(=O)[nH]c2cc1Br)NC(=O)N1CCC(N2Cc3ccccc3NC2=O)CC1. The number of hydrogen-bond donors (Lipinski definition) is 4. The van der Waals surface area contributed by atoms with Crippen molar-refractivity contribution in [2.45, 2.75) is 37.9 Å². The van der Waals surface area contributed by atoms with Crippen molar-refractivity contribution >= 4 is 50.7 Å². The fraction of sp³-hybridized carbons (Fsp3) is 0.333. The summed E-state index contributed by atoms with van der Waals surface area (Å²) in [6.07, 6.45) is 1.18. The highest BCUT2D eigenvalue weighted by Gasteiger charge is 2.33. The average molecular weight is 558 g/mol. The number of aromatic amines is 1. The molecule has 0 spiro atoms. The Labute approximate surface area is 213 Å². The van der Waals surface area contributed by atoms with Gasteiger partial charge in [-0.3, -0.25) is 4.98 Å². The van der Waals surface area contributed by atoms with E-state index in [1.54, 1.807) is 21.9 Å². The maximum Gasteiger partial charge on any atom is 0.417 e. The highest BCUT2D eigenvalue weighted by molar-refractivity contribution is 9.10. The van der Waals surface area contributed by atoms with E-state index in [9.17, 15) is 24.3 Å². The monoisotopic (exact) mass is 557 g/mol. The van der Waals surface area contributed by atoms with Gasteiger partial charge in [-0.2, -0.15) is 0 Å². The fourth-order valence-electron chi connectivity index (χ4n) is 4.73. The van der Waals surface area contributed by atoms with Gasteiger partial charge in [-0.05, 0) is 42.2 Å². The van der Waals surface area contributed by atoms with E-state index in [0.717, 1.165) is 11.3 Å². The Morgan fingerprint density at radius 2 is 1.94 bits per heavy atom. The Kier molecular flexibility index (Phi) is 6.44.